The highest BCUT2D eigenvalue weighted by Crippen LogP contribution is 2.20. The summed E-state index contributed by atoms with van der Waals surface area (Å²) in [7, 11) is -3.11. The van der Waals surface area contributed by atoms with E-state index in [2.05, 4.69) is 20.0 Å². The third kappa shape index (κ3) is 4.37. The molecule has 0 atom stereocenters. The van der Waals surface area contributed by atoms with Crippen molar-refractivity contribution in [1.29, 1.82) is 0 Å². The molecule has 2 rings (SSSR count). The van der Waals surface area contributed by atoms with Crippen LogP contribution in [0, 0.1) is 6.92 Å². The van der Waals surface area contributed by atoms with Crippen molar-refractivity contribution in [3.05, 3.63) is 30.1 Å². The summed E-state index contributed by atoms with van der Waals surface area (Å²) < 4.78 is 25.1. The van der Waals surface area contributed by atoms with Crippen LogP contribution in [0.4, 0.5) is 5.82 Å². The minimum atomic E-state index is -3.11. The highest BCUT2D eigenvalue weighted by Gasteiger charge is 2.05. The van der Waals surface area contributed by atoms with Crippen molar-refractivity contribution in [2.75, 3.05) is 24.2 Å². The molecule has 0 fully saturated rings. The number of aromatic nitrogens is 2. The summed E-state index contributed by atoms with van der Waals surface area (Å²) in [6.45, 7) is 4.71. The molecule has 0 aliphatic carbocycles. The van der Waals surface area contributed by atoms with Crippen LogP contribution >= 0.6 is 0 Å². The van der Waals surface area contributed by atoms with Gasteiger partial charge in [0.2, 0.25) is 10.0 Å². The van der Waals surface area contributed by atoms with Gasteiger partial charge in [-0.05, 0) is 32.4 Å². The topological polar surface area (TPSA) is 84.0 Å². The molecule has 0 amide bonds. The number of hydrogen-bond donors (Lipinski definition) is 2. The van der Waals surface area contributed by atoms with E-state index in [1.165, 1.54) is 6.33 Å². The number of anilines is 1. The molecule has 0 unspecified atom stereocenters. The van der Waals surface area contributed by atoms with Crippen molar-refractivity contribution in [2.24, 2.45) is 0 Å². The monoisotopic (exact) mass is 308 g/mol. The standard InChI is InChI=1S/C14H20N4O2S/c1-3-21(19,20)18-8-4-7-15-14-12-9-11(2)5-6-13(12)16-10-17-14/h5-6,9-10,18H,3-4,7-8H2,1-2H3,(H,15,16,17). The molecular formula is C14H20N4O2S. The third-order valence-corrected chi connectivity index (χ3v) is 4.54. The maximum Gasteiger partial charge on any atom is 0.211 e. The predicted octanol–water partition coefficient (Wildman–Crippen LogP) is 1.68. The van der Waals surface area contributed by atoms with E-state index >= 15 is 0 Å². The fourth-order valence-corrected chi connectivity index (χ4v) is 2.60. The summed E-state index contributed by atoms with van der Waals surface area (Å²) in [5.74, 6) is 0.887. The molecule has 0 saturated carbocycles. The summed E-state index contributed by atoms with van der Waals surface area (Å²) in [6.07, 6.45) is 2.22. The Morgan fingerprint density at radius 3 is 2.76 bits per heavy atom. The number of benzene rings is 1. The zero-order valence-corrected chi connectivity index (χ0v) is 13.1. The number of nitrogens with one attached hydrogen (secondary N) is 2. The van der Waals surface area contributed by atoms with Gasteiger partial charge in [0.25, 0.3) is 0 Å². The van der Waals surface area contributed by atoms with E-state index in [9.17, 15) is 8.42 Å². The molecule has 1 aromatic carbocycles. The van der Waals surface area contributed by atoms with Crippen LogP contribution in [0.1, 0.15) is 18.9 Å². The van der Waals surface area contributed by atoms with Gasteiger partial charge in [0.1, 0.15) is 12.1 Å². The third-order valence-electron chi connectivity index (χ3n) is 3.14. The maximum absolute atomic E-state index is 11.3. The molecule has 21 heavy (non-hydrogen) atoms. The summed E-state index contributed by atoms with van der Waals surface area (Å²) in [6, 6.07) is 6.02. The summed E-state index contributed by atoms with van der Waals surface area (Å²) in [4.78, 5) is 8.48. The normalized spacial score (nSPS) is 11.7. The lowest BCUT2D eigenvalue weighted by Crippen LogP contribution is -2.27. The largest absolute Gasteiger partial charge is 0.369 e. The Morgan fingerprint density at radius 2 is 2.00 bits per heavy atom. The predicted molar refractivity (Wildman–Crippen MR) is 84.8 cm³/mol. The zero-order valence-electron chi connectivity index (χ0n) is 12.3. The van der Waals surface area contributed by atoms with Gasteiger partial charge in [-0.15, -0.1) is 0 Å². The van der Waals surface area contributed by atoms with Gasteiger partial charge in [0.15, 0.2) is 0 Å². The van der Waals surface area contributed by atoms with Crippen LogP contribution in [-0.4, -0.2) is 37.2 Å². The molecule has 2 aromatic rings. The number of hydrogen-bond acceptors (Lipinski definition) is 5. The quantitative estimate of drug-likeness (QED) is 0.760. The van der Waals surface area contributed by atoms with E-state index in [1.807, 2.05) is 25.1 Å². The molecule has 2 N–H and O–H groups in total. The number of fused-ring (bicyclic) bond motifs is 1. The molecule has 1 aromatic heterocycles. The van der Waals surface area contributed by atoms with Crippen molar-refractivity contribution >= 4 is 26.7 Å². The molecule has 0 aliphatic heterocycles. The van der Waals surface area contributed by atoms with E-state index in [4.69, 9.17) is 0 Å². The van der Waals surface area contributed by atoms with Crippen LogP contribution in [0.2, 0.25) is 0 Å². The lowest BCUT2D eigenvalue weighted by Gasteiger charge is -2.09. The van der Waals surface area contributed by atoms with E-state index in [0.717, 1.165) is 22.3 Å². The second-order valence-electron chi connectivity index (χ2n) is 4.82. The molecule has 0 spiro atoms. The molecule has 0 radical (unpaired) electrons. The average molecular weight is 308 g/mol. The maximum atomic E-state index is 11.3. The number of nitrogens with zero attached hydrogens (tertiary/aromatic N) is 2. The van der Waals surface area contributed by atoms with Gasteiger partial charge in [0.05, 0.1) is 11.3 Å². The summed E-state index contributed by atoms with van der Waals surface area (Å²) in [5.41, 5.74) is 2.04. The van der Waals surface area contributed by atoms with Gasteiger partial charge in [-0.1, -0.05) is 11.6 Å². The summed E-state index contributed by atoms with van der Waals surface area (Å²) >= 11 is 0. The first kappa shape index (κ1) is 15.7. The highest BCUT2D eigenvalue weighted by molar-refractivity contribution is 7.89. The molecule has 0 saturated heterocycles. The van der Waals surface area contributed by atoms with Crippen molar-refractivity contribution in [3.8, 4) is 0 Å². The molecule has 1 heterocycles. The van der Waals surface area contributed by atoms with E-state index in [1.54, 1.807) is 6.92 Å². The van der Waals surface area contributed by atoms with Crippen molar-refractivity contribution in [3.63, 3.8) is 0 Å². The fraction of sp³-hybridized carbons (Fsp3) is 0.429. The number of rotatable bonds is 7. The number of aryl methyl sites for hydroxylation is 1. The molecule has 114 valence electrons. The Bertz CT molecular complexity index is 716. The lowest BCUT2D eigenvalue weighted by molar-refractivity contribution is 0.581. The van der Waals surface area contributed by atoms with Crippen LogP contribution < -0.4 is 10.0 Å². The first-order valence-corrected chi connectivity index (χ1v) is 8.59. The van der Waals surface area contributed by atoms with Crippen LogP contribution in [0.3, 0.4) is 0 Å². The van der Waals surface area contributed by atoms with Crippen LogP contribution in [0.5, 0.6) is 0 Å². The van der Waals surface area contributed by atoms with Gasteiger partial charge in [0, 0.05) is 18.5 Å². The molecular weight excluding hydrogens is 288 g/mol. The van der Waals surface area contributed by atoms with Gasteiger partial charge in [-0.25, -0.2) is 23.1 Å². The van der Waals surface area contributed by atoms with E-state index < -0.39 is 10.0 Å². The lowest BCUT2D eigenvalue weighted by atomic mass is 10.1. The van der Waals surface area contributed by atoms with Crippen molar-refractivity contribution in [2.45, 2.75) is 20.3 Å². The Balaban J connectivity index is 1.93. The van der Waals surface area contributed by atoms with Crippen LogP contribution in [0.15, 0.2) is 24.5 Å². The second kappa shape index (κ2) is 6.82. The van der Waals surface area contributed by atoms with Crippen LogP contribution in [-0.2, 0) is 10.0 Å². The van der Waals surface area contributed by atoms with Crippen molar-refractivity contribution in [1.82, 2.24) is 14.7 Å². The first-order valence-electron chi connectivity index (χ1n) is 6.94. The van der Waals surface area contributed by atoms with E-state index in [-0.39, 0.29) is 5.75 Å². The molecule has 0 aliphatic rings. The molecule has 6 nitrogen and oxygen atoms in total. The molecule has 7 heteroatoms. The van der Waals surface area contributed by atoms with Gasteiger partial charge in [-0.3, -0.25) is 0 Å². The minimum Gasteiger partial charge on any atom is -0.369 e. The smallest absolute Gasteiger partial charge is 0.211 e. The average Bonchev–Trinajstić information content (AvgIpc) is 2.47. The van der Waals surface area contributed by atoms with E-state index in [0.29, 0.717) is 19.5 Å². The Labute approximate surface area is 125 Å². The van der Waals surface area contributed by atoms with Gasteiger partial charge in [-0.2, -0.15) is 0 Å². The summed E-state index contributed by atoms with van der Waals surface area (Å²) in [5, 5.41) is 4.21. The molecule has 0 bridgehead atoms. The minimum absolute atomic E-state index is 0.107. The first-order chi connectivity index (χ1) is 10.0. The highest BCUT2D eigenvalue weighted by atomic mass is 32.2. The Kier molecular flexibility index (Phi) is 5.08. The Morgan fingerprint density at radius 1 is 1.19 bits per heavy atom. The van der Waals surface area contributed by atoms with Gasteiger partial charge < -0.3 is 5.32 Å². The van der Waals surface area contributed by atoms with Gasteiger partial charge >= 0.3 is 0 Å². The zero-order chi connectivity index (χ0) is 15.3. The number of sulfonamides is 1. The van der Waals surface area contributed by atoms with Crippen LogP contribution in [0.25, 0.3) is 10.9 Å². The van der Waals surface area contributed by atoms with Crippen molar-refractivity contribution < 1.29 is 8.42 Å². The SMILES string of the molecule is CCS(=O)(=O)NCCCNc1ncnc2ccc(C)cc12. The fourth-order valence-electron chi connectivity index (χ4n) is 1.94. The Hall–Kier alpha value is -1.73. The second-order valence-corrected chi connectivity index (χ2v) is 6.92.